The average Bonchev–Trinajstić information content (AvgIpc) is 2.77. The number of nitrogens with zero attached hydrogens (tertiary/aromatic N) is 2. The van der Waals surface area contributed by atoms with Gasteiger partial charge in [0.25, 0.3) is 0 Å². The molecule has 32 heavy (non-hydrogen) atoms. The van der Waals surface area contributed by atoms with Crippen LogP contribution in [-0.4, -0.2) is 58.1 Å². The number of benzene rings is 2. The summed E-state index contributed by atoms with van der Waals surface area (Å²) in [5, 5.41) is 3.12. The average molecular weight is 482 g/mol. The van der Waals surface area contributed by atoms with Crippen LogP contribution in [0.25, 0.3) is 0 Å². The van der Waals surface area contributed by atoms with E-state index in [9.17, 15) is 18.0 Å². The molecule has 0 aliphatic carbocycles. The molecule has 0 spiro atoms. The van der Waals surface area contributed by atoms with Crippen LogP contribution in [0.2, 0.25) is 5.02 Å². The molecule has 0 unspecified atom stereocenters. The first-order valence-electron chi connectivity index (χ1n) is 9.98. The lowest BCUT2D eigenvalue weighted by Gasteiger charge is -2.32. The minimum atomic E-state index is -3.83. The van der Waals surface area contributed by atoms with Crippen molar-refractivity contribution in [3.05, 3.63) is 59.1 Å². The van der Waals surface area contributed by atoms with E-state index < -0.39 is 28.5 Å². The molecular formula is C22H28ClN3O5S. The molecule has 0 saturated carbocycles. The lowest BCUT2D eigenvalue weighted by Crippen LogP contribution is -2.51. The Morgan fingerprint density at radius 2 is 1.75 bits per heavy atom. The van der Waals surface area contributed by atoms with Gasteiger partial charge in [-0.15, -0.1) is 0 Å². The van der Waals surface area contributed by atoms with E-state index in [0.717, 1.165) is 16.1 Å². The summed E-state index contributed by atoms with van der Waals surface area (Å²) in [6, 6.07) is 12.7. The number of likely N-dealkylation sites (N-methyl/N-ethyl adjacent to an activating group) is 1. The predicted molar refractivity (Wildman–Crippen MR) is 125 cm³/mol. The van der Waals surface area contributed by atoms with Gasteiger partial charge in [0, 0.05) is 18.6 Å². The largest absolute Gasteiger partial charge is 0.495 e. The molecule has 0 saturated heterocycles. The number of para-hydroxylation sites is 2. The zero-order valence-electron chi connectivity index (χ0n) is 18.5. The molecule has 0 aliphatic heterocycles. The minimum absolute atomic E-state index is 0.117. The molecular weight excluding hydrogens is 454 g/mol. The molecule has 1 N–H and O–H groups in total. The molecule has 10 heteroatoms. The van der Waals surface area contributed by atoms with Crippen LogP contribution < -0.4 is 14.4 Å². The summed E-state index contributed by atoms with van der Waals surface area (Å²) < 4.78 is 31.5. The van der Waals surface area contributed by atoms with E-state index in [4.69, 9.17) is 16.3 Å². The molecule has 0 aliphatic rings. The third-order valence-electron chi connectivity index (χ3n) is 4.93. The minimum Gasteiger partial charge on any atom is -0.495 e. The fourth-order valence-corrected chi connectivity index (χ4v) is 4.28. The van der Waals surface area contributed by atoms with Crippen molar-refractivity contribution in [2.24, 2.45) is 0 Å². The number of rotatable bonds is 10. The van der Waals surface area contributed by atoms with Gasteiger partial charge < -0.3 is 15.0 Å². The van der Waals surface area contributed by atoms with E-state index in [2.05, 4.69) is 5.32 Å². The molecule has 2 aromatic carbocycles. The number of hydrogen-bond acceptors (Lipinski definition) is 5. The first-order valence-corrected chi connectivity index (χ1v) is 12.2. The summed E-state index contributed by atoms with van der Waals surface area (Å²) in [7, 11) is -0.911. The molecule has 0 bridgehead atoms. The molecule has 174 valence electrons. The van der Waals surface area contributed by atoms with Crippen LogP contribution in [0.3, 0.4) is 0 Å². The lowest BCUT2D eigenvalue weighted by molar-refractivity contribution is -0.140. The summed E-state index contributed by atoms with van der Waals surface area (Å²) in [6.45, 7) is 1.42. The van der Waals surface area contributed by atoms with Crippen molar-refractivity contribution < 1.29 is 22.7 Å². The van der Waals surface area contributed by atoms with Crippen molar-refractivity contribution >= 4 is 39.1 Å². The number of sulfonamides is 1. The number of hydrogen-bond donors (Lipinski definition) is 1. The van der Waals surface area contributed by atoms with Crippen molar-refractivity contribution in [2.75, 3.05) is 31.3 Å². The molecule has 2 rings (SSSR count). The number of carbonyl (C=O) groups is 2. The second kappa shape index (κ2) is 11.2. The number of ether oxygens (including phenoxy) is 1. The normalized spacial score (nSPS) is 12.0. The Morgan fingerprint density at radius 3 is 2.28 bits per heavy atom. The van der Waals surface area contributed by atoms with Crippen molar-refractivity contribution in [1.82, 2.24) is 10.2 Å². The Hall–Kier alpha value is -2.78. The molecule has 0 fully saturated rings. The van der Waals surface area contributed by atoms with Crippen molar-refractivity contribution in [2.45, 2.75) is 25.9 Å². The zero-order chi connectivity index (χ0) is 23.9. The fourth-order valence-electron chi connectivity index (χ4n) is 3.30. The van der Waals surface area contributed by atoms with Crippen LogP contribution in [0.1, 0.15) is 18.9 Å². The van der Waals surface area contributed by atoms with Gasteiger partial charge in [-0.05, 0) is 36.2 Å². The van der Waals surface area contributed by atoms with E-state index in [1.165, 1.54) is 19.1 Å². The van der Waals surface area contributed by atoms with Gasteiger partial charge in [-0.2, -0.15) is 0 Å². The van der Waals surface area contributed by atoms with Crippen LogP contribution >= 0.6 is 11.6 Å². The second-order valence-corrected chi connectivity index (χ2v) is 9.47. The number of halogens is 1. The standard InChI is InChI=1S/C22H28ClN3O5S/c1-5-18(22(28)24-2)25(14-16-10-12-17(23)13-11-16)21(27)15-26(32(4,29)30)19-8-6-7-9-20(19)31-3/h6-13,18H,5,14-15H2,1-4H3,(H,24,28)/t18-/m1/s1. The highest BCUT2D eigenvalue weighted by Gasteiger charge is 2.32. The molecule has 2 amide bonds. The van der Waals surface area contributed by atoms with Crippen LogP contribution in [0.4, 0.5) is 5.69 Å². The second-order valence-electron chi connectivity index (χ2n) is 7.13. The maximum absolute atomic E-state index is 13.4. The maximum atomic E-state index is 13.4. The van der Waals surface area contributed by atoms with Gasteiger partial charge in [0.05, 0.1) is 19.1 Å². The zero-order valence-corrected chi connectivity index (χ0v) is 20.1. The lowest BCUT2D eigenvalue weighted by atomic mass is 10.1. The van der Waals surface area contributed by atoms with E-state index in [0.29, 0.717) is 17.2 Å². The first kappa shape index (κ1) is 25.5. The van der Waals surface area contributed by atoms with Gasteiger partial charge in [0.2, 0.25) is 21.8 Å². The highest BCUT2D eigenvalue weighted by atomic mass is 35.5. The Morgan fingerprint density at radius 1 is 1.12 bits per heavy atom. The van der Waals surface area contributed by atoms with Crippen LogP contribution in [0.15, 0.2) is 48.5 Å². The van der Waals surface area contributed by atoms with E-state index in [1.54, 1.807) is 55.5 Å². The molecule has 0 aromatic heterocycles. The maximum Gasteiger partial charge on any atom is 0.244 e. The van der Waals surface area contributed by atoms with E-state index >= 15 is 0 Å². The molecule has 2 aromatic rings. The van der Waals surface area contributed by atoms with Crippen molar-refractivity contribution in [3.63, 3.8) is 0 Å². The van der Waals surface area contributed by atoms with Crippen molar-refractivity contribution in [3.8, 4) is 5.75 Å². The molecule has 1 atom stereocenters. The third kappa shape index (κ3) is 6.37. The Labute approximate surface area is 194 Å². The topological polar surface area (TPSA) is 96.0 Å². The quantitative estimate of drug-likeness (QED) is 0.562. The molecule has 0 heterocycles. The van der Waals surface area contributed by atoms with Gasteiger partial charge >= 0.3 is 0 Å². The van der Waals surface area contributed by atoms with Crippen LogP contribution in [0.5, 0.6) is 5.75 Å². The predicted octanol–water partition coefficient (Wildman–Crippen LogP) is 2.67. The SMILES string of the molecule is CC[C@H](C(=O)NC)N(Cc1ccc(Cl)cc1)C(=O)CN(c1ccccc1OC)S(C)(=O)=O. The van der Waals surface area contributed by atoms with Gasteiger partial charge in [-0.25, -0.2) is 8.42 Å². The number of amides is 2. The third-order valence-corrected chi connectivity index (χ3v) is 6.31. The van der Waals surface area contributed by atoms with E-state index in [1.807, 2.05) is 0 Å². The summed E-state index contributed by atoms with van der Waals surface area (Å²) >= 11 is 5.96. The van der Waals surface area contributed by atoms with E-state index in [-0.39, 0.29) is 18.1 Å². The summed E-state index contributed by atoms with van der Waals surface area (Å²) in [5.41, 5.74) is 0.999. The molecule has 8 nitrogen and oxygen atoms in total. The Bertz CT molecular complexity index is 1040. The Kier molecular flexibility index (Phi) is 8.91. The van der Waals surface area contributed by atoms with Crippen molar-refractivity contribution in [1.29, 1.82) is 0 Å². The smallest absolute Gasteiger partial charge is 0.244 e. The number of methoxy groups -OCH3 is 1. The monoisotopic (exact) mass is 481 g/mol. The molecule has 0 radical (unpaired) electrons. The van der Waals surface area contributed by atoms with Crippen LogP contribution in [0, 0.1) is 0 Å². The first-order chi connectivity index (χ1) is 15.1. The summed E-state index contributed by atoms with van der Waals surface area (Å²) in [4.78, 5) is 27.3. The highest BCUT2D eigenvalue weighted by molar-refractivity contribution is 7.92. The number of nitrogens with one attached hydrogen (secondary N) is 1. The summed E-state index contributed by atoms with van der Waals surface area (Å²) in [6.07, 6.45) is 1.37. The fraction of sp³-hybridized carbons (Fsp3) is 0.364. The highest BCUT2D eigenvalue weighted by Crippen LogP contribution is 2.29. The van der Waals surface area contributed by atoms with Gasteiger partial charge in [-0.3, -0.25) is 13.9 Å². The van der Waals surface area contributed by atoms with Crippen LogP contribution in [-0.2, 0) is 26.2 Å². The van der Waals surface area contributed by atoms with Gasteiger partial charge in [0.15, 0.2) is 0 Å². The number of anilines is 1. The van der Waals surface area contributed by atoms with Gasteiger partial charge in [-0.1, -0.05) is 42.8 Å². The summed E-state index contributed by atoms with van der Waals surface area (Å²) in [5.74, 6) is -0.543. The van der Waals surface area contributed by atoms with Gasteiger partial charge in [0.1, 0.15) is 18.3 Å². The number of carbonyl (C=O) groups excluding carboxylic acids is 2. The Balaban J connectivity index is 2.45.